The minimum absolute atomic E-state index is 0.0752. The summed E-state index contributed by atoms with van der Waals surface area (Å²) in [5, 5.41) is 2.96. The summed E-state index contributed by atoms with van der Waals surface area (Å²) in [7, 11) is 0. The van der Waals surface area contributed by atoms with E-state index in [1.165, 1.54) is 5.56 Å². The molecule has 0 radical (unpaired) electrons. The number of aryl methyl sites for hydroxylation is 1. The maximum Gasteiger partial charge on any atom is 0.224 e. The molecular weight excluding hydrogens is 212 g/mol. The van der Waals surface area contributed by atoms with Gasteiger partial charge in [-0.1, -0.05) is 32.0 Å². The third-order valence-electron chi connectivity index (χ3n) is 2.94. The highest BCUT2D eigenvalue weighted by Crippen LogP contribution is 2.16. The fourth-order valence-electron chi connectivity index (χ4n) is 1.66. The number of carbonyl (C=O) groups excluding carboxylic acids is 1. The van der Waals surface area contributed by atoms with Crippen LogP contribution in [0.3, 0.4) is 0 Å². The van der Waals surface area contributed by atoms with Gasteiger partial charge in [-0.15, -0.1) is 0 Å². The van der Waals surface area contributed by atoms with Crippen molar-refractivity contribution < 1.29 is 4.79 Å². The quantitative estimate of drug-likeness (QED) is 0.794. The molecule has 1 aromatic rings. The fourth-order valence-corrected chi connectivity index (χ4v) is 1.66. The van der Waals surface area contributed by atoms with Gasteiger partial charge in [0.15, 0.2) is 0 Å². The van der Waals surface area contributed by atoms with E-state index in [-0.39, 0.29) is 5.91 Å². The predicted molar refractivity (Wildman–Crippen MR) is 71.9 cm³/mol. The third-order valence-corrected chi connectivity index (χ3v) is 2.94. The Morgan fingerprint density at radius 1 is 1.41 bits per heavy atom. The lowest BCUT2D eigenvalue weighted by molar-refractivity contribution is -0.116. The maximum atomic E-state index is 11.7. The van der Waals surface area contributed by atoms with Gasteiger partial charge in [0.05, 0.1) is 0 Å². The second kappa shape index (κ2) is 7.07. The average Bonchev–Trinajstić information content (AvgIpc) is 2.36. The van der Waals surface area contributed by atoms with Crippen LogP contribution in [0, 0.1) is 5.92 Å². The van der Waals surface area contributed by atoms with Crippen molar-refractivity contribution in [3.8, 4) is 0 Å². The van der Waals surface area contributed by atoms with E-state index in [9.17, 15) is 4.79 Å². The van der Waals surface area contributed by atoms with E-state index in [1.807, 2.05) is 24.3 Å². The molecule has 3 nitrogen and oxygen atoms in total. The molecule has 0 aliphatic rings. The van der Waals surface area contributed by atoms with E-state index < -0.39 is 0 Å². The number of benzene rings is 1. The van der Waals surface area contributed by atoms with E-state index >= 15 is 0 Å². The molecule has 3 N–H and O–H groups in total. The van der Waals surface area contributed by atoms with Gasteiger partial charge >= 0.3 is 0 Å². The van der Waals surface area contributed by atoms with Gasteiger partial charge < -0.3 is 11.1 Å². The summed E-state index contributed by atoms with van der Waals surface area (Å²) in [5.41, 5.74) is 7.63. The van der Waals surface area contributed by atoms with E-state index in [2.05, 4.69) is 19.2 Å². The Labute approximate surface area is 103 Å². The van der Waals surface area contributed by atoms with Gasteiger partial charge in [-0.25, -0.2) is 0 Å². The zero-order valence-electron chi connectivity index (χ0n) is 10.7. The molecule has 1 atom stereocenters. The molecule has 0 aromatic heterocycles. The Kier molecular flexibility index (Phi) is 5.70. The SMILES string of the molecule is CCc1ccccc1NC(=O)CCC(C)CN. The second-order valence-electron chi connectivity index (χ2n) is 4.44. The molecule has 0 aliphatic carbocycles. The fraction of sp³-hybridized carbons (Fsp3) is 0.500. The summed E-state index contributed by atoms with van der Waals surface area (Å²) in [6.45, 7) is 4.79. The molecule has 0 heterocycles. The number of para-hydroxylation sites is 1. The minimum Gasteiger partial charge on any atom is -0.330 e. The van der Waals surface area contributed by atoms with Crippen LogP contribution in [0.5, 0.6) is 0 Å². The monoisotopic (exact) mass is 234 g/mol. The van der Waals surface area contributed by atoms with Crippen LogP contribution in [0.4, 0.5) is 5.69 Å². The zero-order valence-corrected chi connectivity index (χ0v) is 10.7. The number of anilines is 1. The first-order chi connectivity index (χ1) is 8.17. The first kappa shape index (κ1) is 13.7. The lowest BCUT2D eigenvalue weighted by Crippen LogP contribution is -2.17. The highest BCUT2D eigenvalue weighted by Gasteiger charge is 2.07. The van der Waals surface area contributed by atoms with Crippen LogP contribution in [-0.2, 0) is 11.2 Å². The maximum absolute atomic E-state index is 11.7. The largest absolute Gasteiger partial charge is 0.330 e. The second-order valence-corrected chi connectivity index (χ2v) is 4.44. The molecule has 0 spiro atoms. The van der Waals surface area contributed by atoms with Crippen molar-refractivity contribution in [2.45, 2.75) is 33.1 Å². The third kappa shape index (κ3) is 4.57. The number of nitrogens with one attached hydrogen (secondary N) is 1. The van der Waals surface area contributed by atoms with Crippen molar-refractivity contribution in [1.82, 2.24) is 0 Å². The Balaban J connectivity index is 2.50. The molecule has 1 unspecified atom stereocenters. The van der Waals surface area contributed by atoms with Gasteiger partial charge in [-0.05, 0) is 36.9 Å². The summed E-state index contributed by atoms with van der Waals surface area (Å²) in [6, 6.07) is 7.92. The van der Waals surface area contributed by atoms with Crippen molar-refractivity contribution in [2.75, 3.05) is 11.9 Å². The van der Waals surface area contributed by atoms with Gasteiger partial charge in [0.2, 0.25) is 5.91 Å². The van der Waals surface area contributed by atoms with Gasteiger partial charge in [0.25, 0.3) is 0 Å². The standard InChI is InChI=1S/C14H22N2O/c1-3-12-6-4-5-7-13(12)16-14(17)9-8-11(2)10-15/h4-7,11H,3,8-10,15H2,1-2H3,(H,16,17). The summed E-state index contributed by atoms with van der Waals surface area (Å²) in [4.78, 5) is 11.7. The van der Waals surface area contributed by atoms with Crippen molar-refractivity contribution in [3.05, 3.63) is 29.8 Å². The van der Waals surface area contributed by atoms with E-state index in [0.717, 1.165) is 18.5 Å². The minimum atomic E-state index is 0.0752. The number of amides is 1. The normalized spacial score (nSPS) is 12.2. The van der Waals surface area contributed by atoms with Crippen LogP contribution >= 0.6 is 0 Å². The first-order valence-corrected chi connectivity index (χ1v) is 6.25. The molecule has 0 saturated heterocycles. The molecule has 1 amide bonds. The molecule has 1 aromatic carbocycles. The molecule has 0 aliphatic heterocycles. The van der Waals surface area contributed by atoms with Crippen LogP contribution in [0.1, 0.15) is 32.3 Å². The van der Waals surface area contributed by atoms with Crippen LogP contribution in [-0.4, -0.2) is 12.5 Å². The van der Waals surface area contributed by atoms with Crippen LogP contribution in [0.25, 0.3) is 0 Å². The molecule has 0 fully saturated rings. The lowest BCUT2D eigenvalue weighted by atomic mass is 10.1. The summed E-state index contributed by atoms with van der Waals surface area (Å²) < 4.78 is 0. The summed E-state index contributed by atoms with van der Waals surface area (Å²) in [5.74, 6) is 0.480. The predicted octanol–water partition coefficient (Wildman–Crippen LogP) is 2.56. The number of rotatable bonds is 6. The number of hydrogen-bond acceptors (Lipinski definition) is 2. The molecular formula is C14H22N2O. The lowest BCUT2D eigenvalue weighted by Gasteiger charge is -2.11. The van der Waals surface area contributed by atoms with Gasteiger partial charge in [-0.2, -0.15) is 0 Å². The molecule has 0 saturated carbocycles. The molecule has 1 rings (SSSR count). The Hall–Kier alpha value is -1.35. The zero-order chi connectivity index (χ0) is 12.7. The van der Waals surface area contributed by atoms with E-state index in [4.69, 9.17) is 5.73 Å². The first-order valence-electron chi connectivity index (χ1n) is 6.25. The van der Waals surface area contributed by atoms with E-state index in [1.54, 1.807) is 0 Å². The van der Waals surface area contributed by atoms with Gasteiger partial charge in [-0.3, -0.25) is 4.79 Å². The van der Waals surface area contributed by atoms with Crippen molar-refractivity contribution >= 4 is 11.6 Å². The van der Waals surface area contributed by atoms with Crippen molar-refractivity contribution in [2.24, 2.45) is 11.7 Å². The number of carbonyl (C=O) groups is 1. The summed E-state index contributed by atoms with van der Waals surface area (Å²) >= 11 is 0. The van der Waals surface area contributed by atoms with Gasteiger partial charge in [0, 0.05) is 12.1 Å². The molecule has 0 bridgehead atoms. The number of nitrogens with two attached hydrogens (primary N) is 1. The van der Waals surface area contributed by atoms with Crippen LogP contribution in [0.2, 0.25) is 0 Å². The highest BCUT2D eigenvalue weighted by molar-refractivity contribution is 5.91. The van der Waals surface area contributed by atoms with Crippen LogP contribution < -0.4 is 11.1 Å². The van der Waals surface area contributed by atoms with Crippen LogP contribution in [0.15, 0.2) is 24.3 Å². The Bertz CT molecular complexity index is 363. The van der Waals surface area contributed by atoms with Crippen molar-refractivity contribution in [1.29, 1.82) is 0 Å². The smallest absolute Gasteiger partial charge is 0.224 e. The average molecular weight is 234 g/mol. The topological polar surface area (TPSA) is 55.1 Å². The van der Waals surface area contributed by atoms with Crippen molar-refractivity contribution in [3.63, 3.8) is 0 Å². The van der Waals surface area contributed by atoms with E-state index in [0.29, 0.717) is 18.9 Å². The Morgan fingerprint density at radius 3 is 2.76 bits per heavy atom. The molecule has 3 heteroatoms. The summed E-state index contributed by atoms with van der Waals surface area (Å²) in [6.07, 6.45) is 2.31. The molecule has 17 heavy (non-hydrogen) atoms. The Morgan fingerprint density at radius 2 is 2.12 bits per heavy atom. The highest BCUT2D eigenvalue weighted by atomic mass is 16.1. The molecule has 94 valence electrons. The van der Waals surface area contributed by atoms with Gasteiger partial charge in [0.1, 0.15) is 0 Å². The number of hydrogen-bond donors (Lipinski definition) is 2.